The molecule has 1 aliphatic rings. The fourth-order valence-corrected chi connectivity index (χ4v) is 3.21. The van der Waals surface area contributed by atoms with Crippen LogP contribution in [0.1, 0.15) is 28.8 Å². The molecule has 2 aromatic rings. The molecule has 2 N–H and O–H groups in total. The van der Waals surface area contributed by atoms with Crippen LogP contribution in [0.2, 0.25) is 5.02 Å². The number of ether oxygens (including phenoxy) is 1. The van der Waals surface area contributed by atoms with Crippen molar-refractivity contribution in [2.75, 3.05) is 19.6 Å². The van der Waals surface area contributed by atoms with Crippen LogP contribution in [0.5, 0.6) is 5.75 Å². The lowest BCUT2D eigenvalue weighted by Gasteiger charge is -2.31. The first-order valence-corrected chi connectivity index (χ1v) is 9.62. The molecule has 0 atom stereocenters. The van der Waals surface area contributed by atoms with Crippen LogP contribution in [0.3, 0.4) is 0 Å². The summed E-state index contributed by atoms with van der Waals surface area (Å²) in [5, 5.41) is 12.8. The van der Waals surface area contributed by atoms with E-state index < -0.39 is 0 Å². The second kappa shape index (κ2) is 9.46. The minimum atomic E-state index is -0.318. The summed E-state index contributed by atoms with van der Waals surface area (Å²) in [4.78, 5) is 26.0. The molecule has 0 bridgehead atoms. The fourth-order valence-electron chi connectivity index (χ4n) is 3.09. The summed E-state index contributed by atoms with van der Waals surface area (Å²) in [6, 6.07) is 13.3. The van der Waals surface area contributed by atoms with Gasteiger partial charge in [0, 0.05) is 30.2 Å². The van der Waals surface area contributed by atoms with Gasteiger partial charge in [-0.3, -0.25) is 4.79 Å². The highest BCUT2D eigenvalue weighted by molar-refractivity contribution is 6.30. The number of carbonyl (C=O) groups excluding carboxylic acids is 2. The molecule has 0 aromatic heterocycles. The van der Waals surface area contributed by atoms with E-state index >= 15 is 0 Å². The number of nitrogens with zero attached hydrogens (tertiary/aromatic N) is 1. The number of piperidine rings is 1. The number of hydrogen-bond acceptors (Lipinski definition) is 4. The van der Waals surface area contributed by atoms with Gasteiger partial charge in [0.15, 0.2) is 0 Å². The second-order valence-electron chi connectivity index (χ2n) is 6.87. The molecular weight excluding hydrogens is 380 g/mol. The average Bonchev–Trinajstić information content (AvgIpc) is 2.72. The van der Waals surface area contributed by atoms with Gasteiger partial charge in [0.2, 0.25) is 0 Å². The molecule has 7 heteroatoms. The largest absolute Gasteiger partial charge is 0.508 e. The van der Waals surface area contributed by atoms with Crippen LogP contribution in [0, 0.1) is 5.92 Å². The first-order chi connectivity index (χ1) is 13.5. The predicted molar refractivity (Wildman–Crippen MR) is 106 cm³/mol. The van der Waals surface area contributed by atoms with Crippen LogP contribution in [0.15, 0.2) is 48.5 Å². The minimum absolute atomic E-state index is 0.131. The van der Waals surface area contributed by atoms with Gasteiger partial charge in [0.05, 0.1) is 0 Å². The average molecular weight is 403 g/mol. The molecule has 0 saturated carbocycles. The molecule has 1 saturated heterocycles. The Bertz CT molecular complexity index is 800. The molecule has 0 spiro atoms. The highest BCUT2D eigenvalue weighted by Gasteiger charge is 2.24. The third kappa shape index (κ3) is 5.63. The SMILES string of the molecule is O=C(NCC1CCN(C(=O)OCc2ccc(Cl)cc2)CC1)c1ccc(O)cc1. The van der Waals surface area contributed by atoms with Gasteiger partial charge in [-0.1, -0.05) is 23.7 Å². The molecule has 3 rings (SSSR count). The van der Waals surface area contributed by atoms with Crippen LogP contribution in [-0.2, 0) is 11.3 Å². The summed E-state index contributed by atoms with van der Waals surface area (Å²) < 4.78 is 5.36. The first kappa shape index (κ1) is 20.0. The first-order valence-electron chi connectivity index (χ1n) is 9.24. The molecular formula is C21H23ClN2O4. The van der Waals surface area contributed by atoms with Crippen molar-refractivity contribution in [1.29, 1.82) is 0 Å². The van der Waals surface area contributed by atoms with Crippen molar-refractivity contribution < 1.29 is 19.4 Å². The summed E-state index contributed by atoms with van der Waals surface area (Å²) in [5.41, 5.74) is 1.41. The van der Waals surface area contributed by atoms with E-state index in [1.54, 1.807) is 29.2 Å². The molecule has 1 aliphatic heterocycles. The Morgan fingerprint density at radius 1 is 1.07 bits per heavy atom. The van der Waals surface area contributed by atoms with Gasteiger partial charge in [0.25, 0.3) is 5.91 Å². The molecule has 0 aliphatic carbocycles. The van der Waals surface area contributed by atoms with Crippen LogP contribution in [0.25, 0.3) is 0 Å². The normalized spacial score (nSPS) is 14.5. The lowest BCUT2D eigenvalue weighted by molar-refractivity contribution is 0.0801. The molecule has 28 heavy (non-hydrogen) atoms. The molecule has 6 nitrogen and oxygen atoms in total. The lowest BCUT2D eigenvalue weighted by Crippen LogP contribution is -2.41. The maximum absolute atomic E-state index is 12.2. The molecule has 0 radical (unpaired) electrons. The number of phenols is 1. The highest BCUT2D eigenvalue weighted by Crippen LogP contribution is 2.18. The van der Waals surface area contributed by atoms with E-state index in [2.05, 4.69) is 5.32 Å². The van der Waals surface area contributed by atoms with E-state index in [-0.39, 0.29) is 24.4 Å². The van der Waals surface area contributed by atoms with Gasteiger partial charge in [0.1, 0.15) is 12.4 Å². The maximum atomic E-state index is 12.2. The van der Waals surface area contributed by atoms with Crippen molar-refractivity contribution in [2.24, 2.45) is 5.92 Å². The summed E-state index contributed by atoms with van der Waals surface area (Å²) in [6.07, 6.45) is 1.30. The predicted octanol–water partition coefficient (Wildman–Crippen LogP) is 3.82. The fraction of sp³-hybridized carbons (Fsp3) is 0.333. The van der Waals surface area contributed by atoms with Crippen LogP contribution in [-0.4, -0.2) is 41.6 Å². The molecule has 2 amide bonds. The number of aromatic hydroxyl groups is 1. The zero-order valence-corrected chi connectivity index (χ0v) is 16.2. The zero-order chi connectivity index (χ0) is 19.9. The van der Waals surface area contributed by atoms with Crippen molar-refractivity contribution in [3.05, 3.63) is 64.7 Å². The number of amides is 2. The summed E-state index contributed by atoms with van der Waals surface area (Å²) in [5.74, 6) is 0.290. The Morgan fingerprint density at radius 3 is 2.36 bits per heavy atom. The number of carbonyl (C=O) groups is 2. The van der Waals surface area contributed by atoms with Crippen LogP contribution in [0.4, 0.5) is 4.79 Å². The van der Waals surface area contributed by atoms with Gasteiger partial charge in [-0.2, -0.15) is 0 Å². The second-order valence-corrected chi connectivity index (χ2v) is 7.30. The standard InChI is InChI=1S/C21H23ClN2O4/c22-18-5-1-16(2-6-18)14-28-21(27)24-11-9-15(10-12-24)13-23-20(26)17-3-7-19(25)8-4-17/h1-8,15,25H,9-14H2,(H,23,26). The molecule has 1 heterocycles. The Morgan fingerprint density at radius 2 is 1.71 bits per heavy atom. The number of nitrogens with one attached hydrogen (secondary N) is 1. The van der Waals surface area contributed by atoms with E-state index in [4.69, 9.17) is 16.3 Å². The molecule has 2 aromatic carbocycles. The third-order valence-corrected chi connectivity index (χ3v) is 5.08. The zero-order valence-electron chi connectivity index (χ0n) is 15.4. The Labute approximate surface area is 169 Å². The smallest absolute Gasteiger partial charge is 0.410 e. The number of phenolic OH excluding ortho intramolecular Hbond substituents is 1. The number of likely N-dealkylation sites (tertiary alicyclic amines) is 1. The van der Waals surface area contributed by atoms with Crippen LogP contribution < -0.4 is 5.32 Å². The van der Waals surface area contributed by atoms with Gasteiger partial charge in [-0.05, 0) is 60.7 Å². The van der Waals surface area contributed by atoms with E-state index in [0.29, 0.717) is 36.1 Å². The van der Waals surface area contributed by atoms with E-state index in [1.165, 1.54) is 12.1 Å². The Hall–Kier alpha value is -2.73. The quantitative estimate of drug-likeness (QED) is 0.796. The maximum Gasteiger partial charge on any atom is 0.410 e. The van der Waals surface area contributed by atoms with Gasteiger partial charge < -0.3 is 20.1 Å². The van der Waals surface area contributed by atoms with Crippen molar-refractivity contribution in [3.8, 4) is 5.75 Å². The van der Waals surface area contributed by atoms with Gasteiger partial charge in [-0.25, -0.2) is 4.79 Å². The Kier molecular flexibility index (Phi) is 6.76. The number of hydrogen-bond donors (Lipinski definition) is 2. The highest BCUT2D eigenvalue weighted by atomic mass is 35.5. The lowest BCUT2D eigenvalue weighted by atomic mass is 9.97. The molecule has 148 valence electrons. The summed E-state index contributed by atoms with van der Waals surface area (Å²) in [7, 11) is 0. The van der Waals surface area contributed by atoms with E-state index in [0.717, 1.165) is 18.4 Å². The van der Waals surface area contributed by atoms with Gasteiger partial charge in [-0.15, -0.1) is 0 Å². The van der Waals surface area contributed by atoms with E-state index in [9.17, 15) is 14.7 Å². The molecule has 0 unspecified atom stereocenters. The minimum Gasteiger partial charge on any atom is -0.508 e. The van der Waals surface area contributed by atoms with Crippen molar-refractivity contribution in [1.82, 2.24) is 10.2 Å². The monoisotopic (exact) mass is 402 g/mol. The van der Waals surface area contributed by atoms with Crippen molar-refractivity contribution >= 4 is 23.6 Å². The Balaban J connectivity index is 1.37. The topological polar surface area (TPSA) is 78.9 Å². The van der Waals surface area contributed by atoms with Crippen molar-refractivity contribution in [3.63, 3.8) is 0 Å². The van der Waals surface area contributed by atoms with E-state index in [1.807, 2.05) is 12.1 Å². The van der Waals surface area contributed by atoms with Crippen LogP contribution >= 0.6 is 11.6 Å². The number of rotatable bonds is 5. The van der Waals surface area contributed by atoms with Crippen molar-refractivity contribution in [2.45, 2.75) is 19.4 Å². The van der Waals surface area contributed by atoms with Gasteiger partial charge >= 0.3 is 6.09 Å². The third-order valence-electron chi connectivity index (χ3n) is 4.83. The summed E-state index contributed by atoms with van der Waals surface area (Å²) in [6.45, 7) is 2.00. The number of halogens is 1. The molecule has 1 fully saturated rings. The number of benzene rings is 2. The summed E-state index contributed by atoms with van der Waals surface area (Å²) >= 11 is 5.84.